The second-order valence-corrected chi connectivity index (χ2v) is 5.63. The molecule has 0 saturated heterocycles. The molecule has 0 aliphatic rings. The van der Waals surface area contributed by atoms with Gasteiger partial charge in [0.25, 0.3) is 0 Å². The number of aliphatic hydroxyl groups excluding tert-OH is 1. The molecule has 1 aromatic carbocycles. The van der Waals surface area contributed by atoms with Crippen LogP contribution in [0.3, 0.4) is 0 Å². The molecule has 2 rings (SSSR count). The number of hydrogen-bond acceptors (Lipinski definition) is 6. The summed E-state index contributed by atoms with van der Waals surface area (Å²) in [5, 5.41) is 19.3. The molecule has 0 aliphatic carbocycles. The zero-order valence-corrected chi connectivity index (χ0v) is 14.2. The van der Waals surface area contributed by atoms with Crippen LogP contribution >= 0.6 is 0 Å². The van der Waals surface area contributed by atoms with E-state index in [1.165, 1.54) is 6.07 Å². The molecule has 0 bridgehead atoms. The second kappa shape index (κ2) is 8.26. The Labute approximate surface area is 151 Å². The van der Waals surface area contributed by atoms with Crippen molar-refractivity contribution in [2.24, 2.45) is 0 Å². The summed E-state index contributed by atoms with van der Waals surface area (Å²) in [5.74, 6) is -3.44. The van der Waals surface area contributed by atoms with Crippen molar-refractivity contribution in [3.8, 4) is 5.75 Å². The maximum atomic E-state index is 13.0. The van der Waals surface area contributed by atoms with Crippen LogP contribution in [-0.4, -0.2) is 22.8 Å². The van der Waals surface area contributed by atoms with Crippen molar-refractivity contribution in [2.45, 2.75) is 32.0 Å². The van der Waals surface area contributed by atoms with Gasteiger partial charge in [0.15, 0.2) is 5.76 Å². The average Bonchev–Trinajstić information content (AvgIpc) is 2.62. The lowest BCUT2D eigenvalue weighted by Gasteiger charge is -2.18. The van der Waals surface area contributed by atoms with Gasteiger partial charge in [-0.3, -0.25) is 9.59 Å². The van der Waals surface area contributed by atoms with Crippen LogP contribution in [0.4, 0.5) is 13.2 Å². The fourth-order valence-corrected chi connectivity index (χ4v) is 2.55. The molecule has 6 nitrogen and oxygen atoms in total. The Hall–Kier alpha value is -2.81. The molecule has 2 N–H and O–H groups in total. The average molecular weight is 386 g/mol. The Bertz CT molecular complexity index is 872. The fraction of sp³-hybridized carbons (Fsp3) is 0.333. The number of rotatable bonds is 6. The van der Waals surface area contributed by atoms with Gasteiger partial charge in [-0.1, -0.05) is 18.2 Å². The van der Waals surface area contributed by atoms with Crippen LogP contribution in [0.15, 0.2) is 39.5 Å². The highest BCUT2D eigenvalue weighted by Gasteiger charge is 2.33. The molecule has 9 heteroatoms. The number of esters is 1. The smallest absolute Gasteiger partial charge is 0.416 e. The van der Waals surface area contributed by atoms with Crippen molar-refractivity contribution in [3.05, 3.63) is 63.2 Å². The van der Waals surface area contributed by atoms with Crippen molar-refractivity contribution in [1.29, 1.82) is 0 Å². The lowest BCUT2D eigenvalue weighted by Crippen LogP contribution is -2.15. The molecular formula is C18H17F3O6. The first-order valence-electron chi connectivity index (χ1n) is 7.96. The summed E-state index contributed by atoms with van der Waals surface area (Å²) >= 11 is 0. The monoisotopic (exact) mass is 386 g/mol. The predicted octanol–water partition coefficient (Wildman–Crippen LogP) is 2.94. The number of benzene rings is 1. The number of ether oxygens (including phenoxy) is 1. The van der Waals surface area contributed by atoms with Gasteiger partial charge in [0.05, 0.1) is 24.5 Å². The lowest BCUT2D eigenvalue weighted by atomic mass is 9.91. The number of alkyl halides is 3. The predicted molar refractivity (Wildman–Crippen MR) is 87.1 cm³/mol. The Balaban J connectivity index is 2.62. The quantitative estimate of drug-likeness (QED) is 0.741. The van der Waals surface area contributed by atoms with Crippen LogP contribution in [0.2, 0.25) is 0 Å². The van der Waals surface area contributed by atoms with Crippen LogP contribution in [0.25, 0.3) is 0 Å². The van der Waals surface area contributed by atoms with Gasteiger partial charge in [-0.25, -0.2) is 0 Å². The van der Waals surface area contributed by atoms with Crippen LogP contribution in [0.5, 0.6) is 5.75 Å². The van der Waals surface area contributed by atoms with Gasteiger partial charge < -0.3 is 19.4 Å². The fourth-order valence-electron chi connectivity index (χ4n) is 2.55. The summed E-state index contributed by atoms with van der Waals surface area (Å²) in [6.07, 6.45) is -5.10. The molecule has 146 valence electrons. The molecule has 0 fully saturated rings. The number of halogens is 3. The van der Waals surface area contributed by atoms with E-state index in [4.69, 9.17) is 9.15 Å². The first kappa shape index (κ1) is 20.5. The molecule has 0 saturated carbocycles. The lowest BCUT2D eigenvalue weighted by molar-refractivity contribution is -0.143. The molecule has 1 aromatic heterocycles. The van der Waals surface area contributed by atoms with Crippen LogP contribution in [0.1, 0.15) is 41.9 Å². The summed E-state index contributed by atoms with van der Waals surface area (Å²) in [5.41, 5.74) is -1.86. The Morgan fingerprint density at radius 2 is 2.00 bits per heavy atom. The second-order valence-electron chi connectivity index (χ2n) is 5.63. The van der Waals surface area contributed by atoms with Crippen molar-refractivity contribution in [2.75, 3.05) is 6.61 Å². The number of aliphatic hydroxyl groups is 1. The van der Waals surface area contributed by atoms with E-state index >= 15 is 0 Å². The highest BCUT2D eigenvalue weighted by molar-refractivity contribution is 5.71. The summed E-state index contributed by atoms with van der Waals surface area (Å²) < 4.78 is 49.2. The van der Waals surface area contributed by atoms with Gasteiger partial charge in [0, 0.05) is 6.07 Å². The minimum atomic E-state index is -4.62. The standard InChI is InChI=1S/C18H17F3O6/c1-2-26-15(24)8-13(10-4-3-5-11(6-10)18(19,20)21)17-16(25)14(23)7-12(9-22)27-17/h3-7,13,22,25H,2,8-9H2,1H3. The molecule has 1 unspecified atom stereocenters. The Morgan fingerprint density at radius 3 is 2.59 bits per heavy atom. The maximum Gasteiger partial charge on any atom is 0.416 e. The van der Waals surface area contributed by atoms with Crippen LogP contribution < -0.4 is 5.43 Å². The highest BCUT2D eigenvalue weighted by Crippen LogP contribution is 2.36. The topological polar surface area (TPSA) is 97.0 Å². The third kappa shape index (κ3) is 4.88. The highest BCUT2D eigenvalue weighted by atomic mass is 19.4. The van der Waals surface area contributed by atoms with Crippen LogP contribution in [-0.2, 0) is 22.3 Å². The van der Waals surface area contributed by atoms with Gasteiger partial charge in [-0.05, 0) is 18.6 Å². The van der Waals surface area contributed by atoms with Gasteiger partial charge in [0.2, 0.25) is 11.2 Å². The number of aromatic hydroxyl groups is 1. The first-order valence-corrected chi connectivity index (χ1v) is 7.96. The third-order valence-electron chi connectivity index (χ3n) is 3.76. The van der Waals surface area contributed by atoms with Crippen molar-refractivity contribution < 1.29 is 37.3 Å². The van der Waals surface area contributed by atoms with E-state index in [1.54, 1.807) is 6.92 Å². The van der Waals surface area contributed by atoms with Crippen LogP contribution in [0, 0.1) is 0 Å². The minimum Gasteiger partial charge on any atom is -0.502 e. The van der Waals surface area contributed by atoms with Gasteiger partial charge in [0.1, 0.15) is 12.4 Å². The number of carbonyl (C=O) groups is 1. The third-order valence-corrected chi connectivity index (χ3v) is 3.76. The molecular weight excluding hydrogens is 369 g/mol. The molecule has 27 heavy (non-hydrogen) atoms. The molecule has 2 aromatic rings. The molecule has 1 atom stereocenters. The summed E-state index contributed by atoms with van der Waals surface area (Å²) in [6, 6.07) is 4.96. The van der Waals surface area contributed by atoms with E-state index in [0.717, 1.165) is 24.3 Å². The van der Waals surface area contributed by atoms with Crippen molar-refractivity contribution in [1.82, 2.24) is 0 Å². The zero-order chi connectivity index (χ0) is 20.2. The van der Waals surface area contributed by atoms with Crippen molar-refractivity contribution in [3.63, 3.8) is 0 Å². The maximum absolute atomic E-state index is 13.0. The van der Waals surface area contributed by atoms with E-state index in [1.807, 2.05) is 0 Å². The van der Waals surface area contributed by atoms with Gasteiger partial charge in [-0.15, -0.1) is 0 Å². The summed E-state index contributed by atoms with van der Waals surface area (Å²) in [6.45, 7) is 0.930. The molecule has 0 radical (unpaired) electrons. The largest absolute Gasteiger partial charge is 0.502 e. The minimum absolute atomic E-state index is 0.00795. The van der Waals surface area contributed by atoms with E-state index in [-0.39, 0.29) is 17.9 Å². The van der Waals surface area contributed by atoms with E-state index < -0.39 is 53.6 Å². The normalized spacial score (nSPS) is 12.6. The zero-order valence-electron chi connectivity index (χ0n) is 14.2. The van der Waals surface area contributed by atoms with E-state index in [9.17, 15) is 33.0 Å². The van der Waals surface area contributed by atoms with E-state index in [0.29, 0.717) is 0 Å². The number of carbonyl (C=O) groups excluding carboxylic acids is 1. The van der Waals surface area contributed by atoms with Gasteiger partial charge in [-0.2, -0.15) is 13.2 Å². The summed E-state index contributed by atoms with van der Waals surface area (Å²) in [7, 11) is 0. The summed E-state index contributed by atoms with van der Waals surface area (Å²) in [4.78, 5) is 23.8. The SMILES string of the molecule is CCOC(=O)CC(c1cccc(C(F)(F)F)c1)c1oc(CO)cc(=O)c1O. The van der Waals surface area contributed by atoms with Gasteiger partial charge >= 0.3 is 12.1 Å². The van der Waals surface area contributed by atoms with Crippen molar-refractivity contribution >= 4 is 5.97 Å². The molecule has 0 amide bonds. The Morgan fingerprint density at radius 1 is 1.30 bits per heavy atom. The van der Waals surface area contributed by atoms with E-state index in [2.05, 4.69) is 0 Å². The number of hydrogen-bond donors (Lipinski definition) is 2. The molecule has 0 spiro atoms. The first-order chi connectivity index (χ1) is 12.7. The molecule has 1 heterocycles. The molecule has 0 aliphatic heterocycles. The Kier molecular flexibility index (Phi) is 6.27.